The van der Waals surface area contributed by atoms with E-state index in [2.05, 4.69) is 9.97 Å². The summed E-state index contributed by atoms with van der Waals surface area (Å²) in [6.45, 7) is 14.7. The Labute approximate surface area is 173 Å². The summed E-state index contributed by atoms with van der Waals surface area (Å²) in [4.78, 5) is 22.6. The molecule has 1 unspecified atom stereocenters. The lowest BCUT2D eigenvalue weighted by molar-refractivity contribution is 0.00578. The van der Waals surface area contributed by atoms with Gasteiger partial charge in [-0.25, -0.2) is 14.8 Å². The van der Waals surface area contributed by atoms with Gasteiger partial charge in [0, 0.05) is 24.4 Å². The van der Waals surface area contributed by atoms with Gasteiger partial charge in [-0.15, -0.1) is 0 Å². The Morgan fingerprint density at radius 1 is 1.17 bits per heavy atom. The highest BCUT2D eigenvalue weighted by Crippen LogP contribution is 2.36. The molecule has 1 amide bonds. The maximum atomic E-state index is 12.3. The predicted octanol–water partition coefficient (Wildman–Crippen LogP) is 2.55. The number of hydrogen-bond acceptors (Lipinski definition) is 7. The molecule has 0 saturated carbocycles. The van der Waals surface area contributed by atoms with Crippen LogP contribution in [0, 0.1) is 0 Å². The van der Waals surface area contributed by atoms with Gasteiger partial charge in [0.15, 0.2) is 0 Å². The smallest absolute Gasteiger partial charge is 0.458 e. The molecule has 1 aromatic rings. The molecule has 1 aromatic heterocycles. The fraction of sp³-hybridized carbons (Fsp3) is 0.750. The van der Waals surface area contributed by atoms with Gasteiger partial charge in [-0.2, -0.15) is 0 Å². The van der Waals surface area contributed by atoms with Crippen LogP contribution >= 0.6 is 0 Å². The summed E-state index contributed by atoms with van der Waals surface area (Å²) in [5.74, 6) is 0. The van der Waals surface area contributed by atoms with E-state index in [9.17, 15) is 4.79 Å². The van der Waals surface area contributed by atoms with Crippen LogP contribution in [0.3, 0.4) is 0 Å². The van der Waals surface area contributed by atoms with E-state index in [1.807, 2.05) is 48.5 Å². The summed E-state index contributed by atoms with van der Waals surface area (Å²) in [5.41, 5.74) is -0.604. The SMILES string of the molecule is CC(C)(C)OC(=O)N1CCCC(Oc2ncc(B3OC(C)(C)C(C)(C)O3)cn2)C1. The van der Waals surface area contributed by atoms with E-state index < -0.39 is 23.9 Å². The van der Waals surface area contributed by atoms with Crippen LogP contribution in [0.1, 0.15) is 61.3 Å². The lowest BCUT2D eigenvalue weighted by Gasteiger charge is -2.33. The van der Waals surface area contributed by atoms with Crippen LogP contribution in [0.4, 0.5) is 4.79 Å². The number of carbonyl (C=O) groups excluding carboxylic acids is 1. The number of ether oxygens (including phenoxy) is 2. The molecule has 160 valence electrons. The average Bonchev–Trinajstić information content (AvgIpc) is 2.82. The van der Waals surface area contributed by atoms with Crippen LogP contribution in [0.2, 0.25) is 0 Å². The van der Waals surface area contributed by atoms with Gasteiger partial charge in [0.2, 0.25) is 0 Å². The molecular formula is C20H32BN3O5. The number of hydrogen-bond donors (Lipinski definition) is 0. The van der Waals surface area contributed by atoms with Gasteiger partial charge in [-0.3, -0.25) is 0 Å². The molecule has 1 atom stereocenters. The van der Waals surface area contributed by atoms with Gasteiger partial charge in [0.1, 0.15) is 11.7 Å². The Morgan fingerprint density at radius 3 is 2.31 bits per heavy atom. The second-order valence-electron chi connectivity index (χ2n) is 9.70. The summed E-state index contributed by atoms with van der Waals surface area (Å²) in [5, 5.41) is 0. The van der Waals surface area contributed by atoms with E-state index in [1.54, 1.807) is 17.3 Å². The minimum absolute atomic E-state index is 0.168. The highest BCUT2D eigenvalue weighted by Gasteiger charge is 2.52. The van der Waals surface area contributed by atoms with Crippen LogP contribution in [0.5, 0.6) is 6.01 Å². The fourth-order valence-corrected chi connectivity index (χ4v) is 3.16. The van der Waals surface area contributed by atoms with E-state index in [-0.39, 0.29) is 18.2 Å². The second kappa shape index (κ2) is 7.76. The molecule has 8 nitrogen and oxygen atoms in total. The van der Waals surface area contributed by atoms with Gasteiger partial charge < -0.3 is 23.7 Å². The molecule has 0 spiro atoms. The van der Waals surface area contributed by atoms with Crippen molar-refractivity contribution in [2.24, 2.45) is 0 Å². The zero-order valence-electron chi connectivity index (χ0n) is 18.5. The Balaban J connectivity index is 1.58. The van der Waals surface area contributed by atoms with Crippen molar-refractivity contribution in [3.8, 4) is 6.01 Å². The summed E-state index contributed by atoms with van der Waals surface area (Å²) in [6, 6.07) is 0.279. The Hall–Kier alpha value is -1.87. The molecule has 2 fully saturated rings. The Morgan fingerprint density at radius 2 is 1.76 bits per heavy atom. The van der Waals surface area contributed by atoms with E-state index in [0.717, 1.165) is 18.3 Å². The first-order valence-corrected chi connectivity index (χ1v) is 10.2. The third-order valence-electron chi connectivity index (χ3n) is 5.48. The average molecular weight is 405 g/mol. The molecule has 29 heavy (non-hydrogen) atoms. The quantitative estimate of drug-likeness (QED) is 0.715. The van der Waals surface area contributed by atoms with Crippen LogP contribution < -0.4 is 10.2 Å². The first-order chi connectivity index (χ1) is 13.4. The third-order valence-corrected chi connectivity index (χ3v) is 5.48. The number of carbonyl (C=O) groups is 1. The van der Waals surface area contributed by atoms with Crippen LogP contribution in [0.15, 0.2) is 12.4 Å². The van der Waals surface area contributed by atoms with Crippen LogP contribution in [0.25, 0.3) is 0 Å². The molecule has 0 bridgehead atoms. The summed E-state index contributed by atoms with van der Waals surface area (Å²) in [6.07, 6.45) is 4.52. The van der Waals surface area contributed by atoms with Crippen molar-refractivity contribution in [1.29, 1.82) is 0 Å². The number of aromatic nitrogens is 2. The lowest BCUT2D eigenvalue weighted by Crippen LogP contribution is -2.46. The van der Waals surface area contributed by atoms with Crippen molar-refractivity contribution < 1.29 is 23.6 Å². The summed E-state index contributed by atoms with van der Waals surface area (Å²) in [7, 11) is -0.508. The Kier molecular flexibility index (Phi) is 5.84. The molecule has 0 radical (unpaired) electrons. The van der Waals surface area contributed by atoms with Crippen molar-refractivity contribution in [2.75, 3.05) is 13.1 Å². The third kappa shape index (κ3) is 5.19. The molecule has 0 N–H and O–H groups in total. The van der Waals surface area contributed by atoms with Crippen molar-refractivity contribution in [1.82, 2.24) is 14.9 Å². The Bertz CT molecular complexity index is 717. The van der Waals surface area contributed by atoms with Crippen LogP contribution in [-0.4, -0.2) is 64.1 Å². The highest BCUT2D eigenvalue weighted by atomic mass is 16.7. The van der Waals surface area contributed by atoms with Crippen molar-refractivity contribution in [3.63, 3.8) is 0 Å². The molecule has 2 aliphatic heterocycles. The van der Waals surface area contributed by atoms with Gasteiger partial charge in [0.05, 0.1) is 17.7 Å². The maximum absolute atomic E-state index is 12.3. The van der Waals surface area contributed by atoms with E-state index in [4.69, 9.17) is 18.8 Å². The van der Waals surface area contributed by atoms with Crippen LogP contribution in [-0.2, 0) is 14.0 Å². The first-order valence-electron chi connectivity index (χ1n) is 10.2. The minimum Gasteiger partial charge on any atom is -0.458 e. The molecule has 9 heteroatoms. The lowest BCUT2D eigenvalue weighted by atomic mass is 9.81. The number of piperidine rings is 1. The molecule has 2 aliphatic rings. The fourth-order valence-electron chi connectivity index (χ4n) is 3.16. The van der Waals surface area contributed by atoms with E-state index in [1.165, 1.54) is 0 Å². The standard InChI is InChI=1S/C20H32BN3O5/c1-18(2,3)27-17(25)24-10-8-9-15(13-24)26-16-22-11-14(12-23-16)21-28-19(4,5)20(6,7)29-21/h11-12,15H,8-10,13H2,1-7H3. The second-order valence-corrected chi connectivity index (χ2v) is 9.70. The summed E-state index contributed by atoms with van der Waals surface area (Å²) < 4.78 is 23.4. The van der Waals surface area contributed by atoms with Crippen molar-refractivity contribution >= 4 is 18.7 Å². The molecule has 3 heterocycles. The molecular weight excluding hydrogens is 373 g/mol. The number of likely N-dealkylation sites (tertiary alicyclic amines) is 1. The first kappa shape index (κ1) is 21.8. The maximum Gasteiger partial charge on any atom is 0.498 e. The molecule has 2 saturated heterocycles. The zero-order valence-corrected chi connectivity index (χ0v) is 18.5. The largest absolute Gasteiger partial charge is 0.498 e. The van der Waals surface area contributed by atoms with Crippen molar-refractivity contribution in [3.05, 3.63) is 12.4 Å². The van der Waals surface area contributed by atoms with Gasteiger partial charge in [-0.05, 0) is 61.3 Å². The number of rotatable bonds is 3. The van der Waals surface area contributed by atoms with Gasteiger partial charge >= 0.3 is 19.2 Å². The number of nitrogens with zero attached hydrogens (tertiary/aromatic N) is 3. The topological polar surface area (TPSA) is 83.0 Å². The zero-order chi connectivity index (χ0) is 21.4. The van der Waals surface area contributed by atoms with Gasteiger partial charge in [0.25, 0.3) is 0 Å². The van der Waals surface area contributed by atoms with Crippen molar-refractivity contribution in [2.45, 2.75) is 84.2 Å². The molecule has 0 aliphatic carbocycles. The van der Waals surface area contributed by atoms with Gasteiger partial charge in [-0.1, -0.05) is 0 Å². The number of amides is 1. The van der Waals surface area contributed by atoms with E-state index in [0.29, 0.717) is 13.1 Å². The molecule has 3 rings (SSSR count). The summed E-state index contributed by atoms with van der Waals surface area (Å²) >= 11 is 0. The predicted molar refractivity (Wildman–Crippen MR) is 109 cm³/mol. The van der Waals surface area contributed by atoms with E-state index >= 15 is 0 Å². The normalized spacial score (nSPS) is 23.8. The molecule has 0 aromatic carbocycles. The highest BCUT2D eigenvalue weighted by molar-refractivity contribution is 6.61. The monoisotopic (exact) mass is 405 g/mol. The minimum atomic E-state index is -0.517.